The Balaban J connectivity index is 3.07. The van der Waals surface area contributed by atoms with E-state index in [-0.39, 0.29) is 11.5 Å². The molecule has 0 radical (unpaired) electrons. The molecule has 0 aliphatic rings. The van der Waals surface area contributed by atoms with Gasteiger partial charge in [-0.3, -0.25) is 4.79 Å². The van der Waals surface area contributed by atoms with Gasteiger partial charge in [0.25, 0.3) is 0 Å². The Hall–Kier alpha value is -1.36. The third kappa shape index (κ3) is 2.06. The Morgan fingerprint density at radius 3 is 2.62 bits per heavy atom. The predicted molar refractivity (Wildman–Crippen MR) is 47.7 cm³/mol. The quantitative estimate of drug-likeness (QED) is 0.746. The fraction of sp³-hybridized carbons (Fsp3) is 0.250. The first-order chi connectivity index (χ1) is 6.02. The van der Waals surface area contributed by atoms with Crippen LogP contribution in [0.5, 0.6) is 0 Å². The Kier molecular flexibility index (Phi) is 2.67. The van der Waals surface area contributed by atoms with Crippen LogP contribution in [0, 0.1) is 6.92 Å². The van der Waals surface area contributed by atoms with Gasteiger partial charge in [0.1, 0.15) is 5.00 Å². The van der Waals surface area contributed by atoms with Crippen molar-refractivity contribution in [1.29, 1.82) is 0 Å². The van der Waals surface area contributed by atoms with Crippen molar-refractivity contribution in [3.8, 4) is 0 Å². The van der Waals surface area contributed by atoms with Crippen LogP contribution in [0.2, 0.25) is 0 Å². The summed E-state index contributed by atoms with van der Waals surface area (Å²) in [5.41, 5.74) is 0.675. The Morgan fingerprint density at radius 2 is 2.15 bits per heavy atom. The first-order valence-electron chi connectivity index (χ1n) is 3.59. The van der Waals surface area contributed by atoms with Crippen molar-refractivity contribution in [2.45, 2.75) is 13.8 Å². The molecule has 0 saturated heterocycles. The van der Waals surface area contributed by atoms with Crippen LogP contribution in [-0.2, 0) is 4.79 Å². The topological polar surface area (TPSA) is 69.2 Å². The lowest BCUT2D eigenvalue weighted by Crippen LogP contribution is -2.24. The molecule has 0 unspecified atom stereocenters. The molecule has 0 fully saturated rings. The Labute approximate surface area is 79.2 Å². The Morgan fingerprint density at radius 1 is 1.54 bits per heavy atom. The lowest BCUT2D eigenvalue weighted by atomic mass is 10.2. The monoisotopic (exact) mass is 198 g/mol. The summed E-state index contributed by atoms with van der Waals surface area (Å²) in [7, 11) is 0. The number of carboxylic acids is 1. The summed E-state index contributed by atoms with van der Waals surface area (Å²) in [6, 6.07) is 0. The first-order valence-corrected chi connectivity index (χ1v) is 4.47. The molecule has 70 valence electrons. The van der Waals surface area contributed by atoms with E-state index in [9.17, 15) is 14.7 Å². The lowest BCUT2D eigenvalue weighted by molar-refractivity contribution is -0.254. The molecule has 0 spiro atoms. The number of rotatable bonds is 2. The predicted octanol–water partition coefficient (Wildman–Crippen LogP) is 0.378. The van der Waals surface area contributed by atoms with Crippen LogP contribution in [0.1, 0.15) is 22.8 Å². The fourth-order valence-corrected chi connectivity index (χ4v) is 1.93. The summed E-state index contributed by atoms with van der Waals surface area (Å²) in [5.74, 6) is -1.55. The molecule has 0 saturated carbocycles. The standard InChI is InChI=1S/C8H9NO3S/c1-4-3-13-7(9-5(2)10)6(4)8(11)12/h3H,1-2H3,(H,9,10)(H,11,12)/p-1. The van der Waals surface area contributed by atoms with Crippen LogP contribution in [0.3, 0.4) is 0 Å². The van der Waals surface area contributed by atoms with Crippen molar-refractivity contribution in [2.24, 2.45) is 0 Å². The van der Waals surface area contributed by atoms with E-state index in [1.807, 2.05) is 0 Å². The van der Waals surface area contributed by atoms with E-state index < -0.39 is 5.97 Å². The van der Waals surface area contributed by atoms with E-state index in [1.54, 1.807) is 12.3 Å². The second-order valence-corrected chi connectivity index (χ2v) is 3.47. The molecular formula is C8H8NO3S-. The third-order valence-corrected chi connectivity index (χ3v) is 2.48. The van der Waals surface area contributed by atoms with E-state index in [1.165, 1.54) is 18.3 Å². The molecule has 1 heterocycles. The van der Waals surface area contributed by atoms with E-state index in [2.05, 4.69) is 5.32 Å². The zero-order chi connectivity index (χ0) is 10.0. The largest absolute Gasteiger partial charge is 0.545 e. The molecular weight excluding hydrogens is 190 g/mol. The molecule has 0 aliphatic carbocycles. The van der Waals surface area contributed by atoms with Gasteiger partial charge in [-0.05, 0) is 17.9 Å². The summed E-state index contributed by atoms with van der Waals surface area (Å²) in [5, 5.41) is 15.1. The van der Waals surface area contributed by atoms with Crippen molar-refractivity contribution in [3.63, 3.8) is 0 Å². The number of amides is 1. The molecule has 1 N–H and O–H groups in total. The van der Waals surface area contributed by atoms with Crippen LogP contribution in [0.4, 0.5) is 5.00 Å². The molecule has 13 heavy (non-hydrogen) atoms. The van der Waals surface area contributed by atoms with Gasteiger partial charge in [-0.2, -0.15) is 0 Å². The molecule has 0 aliphatic heterocycles. The minimum absolute atomic E-state index is 0.0696. The number of anilines is 1. The second-order valence-electron chi connectivity index (χ2n) is 2.59. The number of thiophene rings is 1. The maximum absolute atomic E-state index is 10.7. The van der Waals surface area contributed by atoms with Crippen molar-refractivity contribution in [3.05, 3.63) is 16.5 Å². The maximum atomic E-state index is 10.7. The third-order valence-electron chi connectivity index (χ3n) is 1.47. The van der Waals surface area contributed by atoms with Gasteiger partial charge in [-0.25, -0.2) is 0 Å². The minimum atomic E-state index is -1.26. The zero-order valence-electron chi connectivity index (χ0n) is 7.21. The number of carbonyl (C=O) groups excluding carboxylic acids is 2. The highest BCUT2D eigenvalue weighted by Crippen LogP contribution is 2.26. The normalized spacial score (nSPS) is 9.69. The summed E-state index contributed by atoms with van der Waals surface area (Å²) in [4.78, 5) is 21.3. The number of carbonyl (C=O) groups is 2. The molecule has 1 rings (SSSR count). The number of hydrogen-bond donors (Lipinski definition) is 1. The lowest BCUT2D eigenvalue weighted by Gasteiger charge is -2.05. The van der Waals surface area contributed by atoms with E-state index >= 15 is 0 Å². The number of carboxylic acid groups (broad SMARTS) is 1. The summed E-state index contributed by atoms with van der Waals surface area (Å²) < 4.78 is 0. The molecule has 0 atom stereocenters. The van der Waals surface area contributed by atoms with Gasteiger partial charge in [0.2, 0.25) is 5.91 Å². The van der Waals surface area contributed by atoms with Crippen molar-refractivity contribution < 1.29 is 14.7 Å². The first kappa shape index (κ1) is 9.73. The number of aryl methyl sites for hydroxylation is 1. The van der Waals surface area contributed by atoms with Crippen molar-refractivity contribution in [2.75, 3.05) is 5.32 Å². The van der Waals surface area contributed by atoms with Crippen molar-refractivity contribution >= 4 is 28.2 Å². The van der Waals surface area contributed by atoms with Gasteiger partial charge >= 0.3 is 0 Å². The summed E-state index contributed by atoms with van der Waals surface area (Å²) in [6.45, 7) is 2.99. The molecule has 0 bridgehead atoms. The van der Waals surface area contributed by atoms with Gasteiger partial charge in [-0.15, -0.1) is 11.3 Å². The molecule has 1 aromatic rings. The average molecular weight is 198 g/mol. The number of aromatic carboxylic acids is 1. The molecule has 0 aromatic carbocycles. The van der Waals surface area contributed by atoms with Gasteiger partial charge in [0.05, 0.1) is 5.97 Å². The van der Waals surface area contributed by atoms with E-state index in [4.69, 9.17) is 0 Å². The highest BCUT2D eigenvalue weighted by Gasteiger charge is 2.10. The molecule has 1 aromatic heterocycles. The van der Waals surface area contributed by atoms with E-state index in [0.717, 1.165) is 0 Å². The minimum Gasteiger partial charge on any atom is -0.545 e. The van der Waals surface area contributed by atoms with Crippen LogP contribution >= 0.6 is 11.3 Å². The molecule has 1 amide bonds. The molecule has 4 nitrogen and oxygen atoms in total. The highest BCUT2D eigenvalue weighted by molar-refractivity contribution is 7.15. The van der Waals surface area contributed by atoms with Crippen molar-refractivity contribution in [1.82, 2.24) is 0 Å². The summed E-state index contributed by atoms with van der Waals surface area (Å²) in [6.07, 6.45) is 0. The average Bonchev–Trinajstić information content (AvgIpc) is 2.30. The Bertz CT molecular complexity index is 356. The van der Waals surface area contributed by atoms with E-state index in [0.29, 0.717) is 10.6 Å². The number of nitrogens with one attached hydrogen (secondary N) is 1. The molecule has 5 heteroatoms. The zero-order valence-corrected chi connectivity index (χ0v) is 8.03. The van der Waals surface area contributed by atoms with Gasteiger partial charge in [-0.1, -0.05) is 0 Å². The second kappa shape index (κ2) is 3.57. The van der Waals surface area contributed by atoms with Crippen LogP contribution in [0.15, 0.2) is 5.38 Å². The van der Waals surface area contributed by atoms with Gasteiger partial charge in [0, 0.05) is 12.5 Å². The summed E-state index contributed by atoms with van der Waals surface area (Å²) >= 11 is 1.18. The van der Waals surface area contributed by atoms with Gasteiger partial charge < -0.3 is 15.2 Å². The maximum Gasteiger partial charge on any atom is 0.221 e. The van der Waals surface area contributed by atoms with Crippen LogP contribution < -0.4 is 10.4 Å². The number of hydrogen-bond acceptors (Lipinski definition) is 4. The van der Waals surface area contributed by atoms with Crippen LogP contribution in [0.25, 0.3) is 0 Å². The highest BCUT2D eigenvalue weighted by atomic mass is 32.1. The van der Waals surface area contributed by atoms with Gasteiger partial charge in [0.15, 0.2) is 0 Å². The SMILES string of the molecule is CC(=O)Nc1scc(C)c1C(=O)[O-]. The van der Waals surface area contributed by atoms with Crippen LogP contribution in [-0.4, -0.2) is 11.9 Å². The smallest absolute Gasteiger partial charge is 0.221 e. The fourth-order valence-electron chi connectivity index (χ4n) is 0.950.